The van der Waals surface area contributed by atoms with Gasteiger partial charge in [-0.3, -0.25) is 0 Å². The van der Waals surface area contributed by atoms with E-state index in [1.807, 2.05) is 25.1 Å². The van der Waals surface area contributed by atoms with E-state index in [-0.39, 0.29) is 0 Å². The highest BCUT2D eigenvalue weighted by molar-refractivity contribution is 5.73. The van der Waals surface area contributed by atoms with Gasteiger partial charge in [0.2, 0.25) is 0 Å². The number of nitrogens with zero attached hydrogens (tertiary/aromatic N) is 1. The molecule has 1 aromatic carbocycles. The molecule has 3 N–H and O–H groups in total. The Morgan fingerprint density at radius 1 is 1.30 bits per heavy atom. The van der Waals surface area contributed by atoms with Crippen LogP contribution in [-0.2, 0) is 0 Å². The third kappa shape index (κ3) is 5.29. The summed E-state index contributed by atoms with van der Waals surface area (Å²) in [6.45, 7) is 8.05. The van der Waals surface area contributed by atoms with E-state index in [0.29, 0.717) is 24.3 Å². The van der Waals surface area contributed by atoms with Crippen LogP contribution in [0.5, 0.6) is 5.75 Å². The van der Waals surface area contributed by atoms with Crippen molar-refractivity contribution in [2.24, 2.45) is 5.92 Å². The first-order valence-corrected chi connectivity index (χ1v) is 7.36. The number of hydrogen-bond acceptors (Lipinski definition) is 4. The third-order valence-corrected chi connectivity index (χ3v) is 3.07. The molecule has 0 saturated heterocycles. The molecule has 0 bridgehead atoms. The summed E-state index contributed by atoms with van der Waals surface area (Å²) in [4.78, 5) is 2.20. The molecule has 0 fully saturated rings. The van der Waals surface area contributed by atoms with Gasteiger partial charge in [0.15, 0.2) is 0 Å². The zero-order valence-corrected chi connectivity index (χ0v) is 13.4. The predicted molar refractivity (Wildman–Crippen MR) is 87.4 cm³/mol. The SMILES string of the molecule is CCOc1cccc(NC(CC(C)C)CN(C)C)c1N. The molecule has 114 valence electrons. The fourth-order valence-electron chi connectivity index (χ4n) is 2.36. The predicted octanol–water partition coefficient (Wildman–Crippen LogP) is 3.06. The number of para-hydroxylation sites is 1. The lowest BCUT2D eigenvalue weighted by atomic mass is 10.0. The summed E-state index contributed by atoms with van der Waals surface area (Å²) < 4.78 is 5.55. The minimum atomic E-state index is 0.379. The lowest BCUT2D eigenvalue weighted by Crippen LogP contribution is -2.33. The van der Waals surface area contributed by atoms with Gasteiger partial charge < -0.3 is 20.7 Å². The topological polar surface area (TPSA) is 50.5 Å². The molecule has 0 aliphatic carbocycles. The average molecular weight is 279 g/mol. The number of likely N-dealkylation sites (N-methyl/N-ethyl adjacent to an activating group) is 1. The Labute approximate surface area is 123 Å². The van der Waals surface area contributed by atoms with E-state index in [0.717, 1.165) is 24.4 Å². The van der Waals surface area contributed by atoms with Gasteiger partial charge in [-0.25, -0.2) is 0 Å². The zero-order valence-electron chi connectivity index (χ0n) is 13.4. The van der Waals surface area contributed by atoms with Crippen LogP contribution in [-0.4, -0.2) is 38.2 Å². The minimum Gasteiger partial charge on any atom is -0.492 e. The summed E-state index contributed by atoms with van der Waals surface area (Å²) in [5.41, 5.74) is 7.84. The van der Waals surface area contributed by atoms with Crippen LogP contribution in [0.25, 0.3) is 0 Å². The maximum absolute atomic E-state index is 6.18. The van der Waals surface area contributed by atoms with Crippen molar-refractivity contribution < 1.29 is 4.74 Å². The van der Waals surface area contributed by atoms with Gasteiger partial charge in [0.25, 0.3) is 0 Å². The van der Waals surface area contributed by atoms with Gasteiger partial charge in [-0.15, -0.1) is 0 Å². The number of anilines is 2. The molecule has 0 heterocycles. The maximum atomic E-state index is 6.18. The maximum Gasteiger partial charge on any atom is 0.144 e. The van der Waals surface area contributed by atoms with Gasteiger partial charge in [-0.2, -0.15) is 0 Å². The van der Waals surface area contributed by atoms with Crippen molar-refractivity contribution in [3.8, 4) is 5.75 Å². The molecule has 0 saturated carbocycles. The number of rotatable bonds is 8. The zero-order chi connectivity index (χ0) is 15.1. The van der Waals surface area contributed by atoms with Gasteiger partial charge in [0.05, 0.1) is 18.0 Å². The molecule has 4 heteroatoms. The summed E-state index contributed by atoms with van der Waals surface area (Å²) in [5.74, 6) is 1.40. The largest absolute Gasteiger partial charge is 0.492 e. The Morgan fingerprint density at radius 3 is 2.55 bits per heavy atom. The minimum absolute atomic E-state index is 0.379. The van der Waals surface area contributed by atoms with Crippen molar-refractivity contribution in [2.45, 2.75) is 33.2 Å². The van der Waals surface area contributed by atoms with E-state index in [1.165, 1.54) is 0 Å². The number of nitrogens with one attached hydrogen (secondary N) is 1. The van der Waals surface area contributed by atoms with Crippen LogP contribution < -0.4 is 15.8 Å². The van der Waals surface area contributed by atoms with Crippen LogP contribution in [0.3, 0.4) is 0 Å². The summed E-state index contributed by atoms with van der Waals surface area (Å²) in [7, 11) is 4.18. The highest BCUT2D eigenvalue weighted by Crippen LogP contribution is 2.30. The fourth-order valence-corrected chi connectivity index (χ4v) is 2.36. The van der Waals surface area contributed by atoms with E-state index in [2.05, 4.69) is 38.2 Å². The van der Waals surface area contributed by atoms with Crippen LogP contribution >= 0.6 is 0 Å². The highest BCUT2D eigenvalue weighted by Gasteiger charge is 2.14. The van der Waals surface area contributed by atoms with Crippen LogP contribution in [0, 0.1) is 5.92 Å². The van der Waals surface area contributed by atoms with E-state index < -0.39 is 0 Å². The normalized spacial score (nSPS) is 12.8. The number of nitrogens with two attached hydrogens (primary N) is 1. The third-order valence-electron chi connectivity index (χ3n) is 3.07. The van der Waals surface area contributed by atoms with Gasteiger partial charge in [-0.1, -0.05) is 19.9 Å². The van der Waals surface area contributed by atoms with Crippen LogP contribution in [0.15, 0.2) is 18.2 Å². The van der Waals surface area contributed by atoms with Crippen LogP contribution in [0.1, 0.15) is 27.2 Å². The molecule has 0 amide bonds. The molecule has 0 aromatic heterocycles. The lowest BCUT2D eigenvalue weighted by molar-refractivity contribution is 0.342. The highest BCUT2D eigenvalue weighted by atomic mass is 16.5. The van der Waals surface area contributed by atoms with Crippen molar-refractivity contribution in [1.82, 2.24) is 4.90 Å². The fraction of sp³-hybridized carbons (Fsp3) is 0.625. The quantitative estimate of drug-likeness (QED) is 0.718. The summed E-state index contributed by atoms with van der Waals surface area (Å²) >= 11 is 0. The number of nitrogen functional groups attached to an aromatic ring is 1. The monoisotopic (exact) mass is 279 g/mol. The molecular formula is C16H29N3O. The van der Waals surface area contributed by atoms with E-state index >= 15 is 0 Å². The van der Waals surface area contributed by atoms with Gasteiger partial charge >= 0.3 is 0 Å². The van der Waals surface area contributed by atoms with Crippen LogP contribution in [0.2, 0.25) is 0 Å². The Bertz CT molecular complexity index is 395. The number of hydrogen-bond donors (Lipinski definition) is 2. The van der Waals surface area contributed by atoms with Crippen molar-refractivity contribution in [3.63, 3.8) is 0 Å². The first kappa shape index (κ1) is 16.6. The summed E-state index contributed by atoms with van der Waals surface area (Å²) in [6.07, 6.45) is 1.11. The molecule has 0 aliphatic heterocycles. The van der Waals surface area contributed by atoms with E-state index in [4.69, 9.17) is 10.5 Å². The van der Waals surface area contributed by atoms with Gasteiger partial charge in [0, 0.05) is 12.6 Å². The number of ether oxygens (including phenoxy) is 1. The molecule has 0 spiro atoms. The molecule has 0 radical (unpaired) electrons. The first-order valence-electron chi connectivity index (χ1n) is 7.36. The van der Waals surface area contributed by atoms with E-state index in [1.54, 1.807) is 0 Å². The molecule has 1 atom stereocenters. The Morgan fingerprint density at radius 2 is 2.00 bits per heavy atom. The van der Waals surface area contributed by atoms with E-state index in [9.17, 15) is 0 Å². The molecule has 1 aromatic rings. The van der Waals surface area contributed by atoms with Crippen molar-refractivity contribution in [3.05, 3.63) is 18.2 Å². The van der Waals surface area contributed by atoms with Crippen molar-refractivity contribution in [1.29, 1.82) is 0 Å². The Balaban J connectivity index is 2.84. The molecule has 20 heavy (non-hydrogen) atoms. The Kier molecular flexibility index (Phi) is 6.65. The molecule has 1 rings (SSSR count). The smallest absolute Gasteiger partial charge is 0.144 e. The molecule has 0 aliphatic rings. The van der Waals surface area contributed by atoms with Gasteiger partial charge in [0.1, 0.15) is 5.75 Å². The van der Waals surface area contributed by atoms with Gasteiger partial charge in [-0.05, 0) is 45.5 Å². The number of benzene rings is 1. The lowest BCUT2D eigenvalue weighted by Gasteiger charge is -2.26. The van der Waals surface area contributed by atoms with Crippen molar-refractivity contribution >= 4 is 11.4 Å². The second kappa shape index (κ2) is 8.00. The summed E-state index contributed by atoms with van der Waals surface area (Å²) in [6, 6.07) is 6.28. The average Bonchev–Trinajstić information content (AvgIpc) is 2.32. The standard InChI is InChI=1S/C16H29N3O/c1-6-20-15-9-7-8-14(16(15)17)18-13(10-12(2)3)11-19(4)5/h7-9,12-13,18H,6,10-11,17H2,1-5H3. The summed E-state index contributed by atoms with van der Waals surface area (Å²) in [5, 5.41) is 3.56. The second-order valence-electron chi connectivity index (χ2n) is 5.88. The first-order chi connectivity index (χ1) is 9.43. The van der Waals surface area contributed by atoms with Crippen molar-refractivity contribution in [2.75, 3.05) is 38.3 Å². The van der Waals surface area contributed by atoms with Crippen LogP contribution in [0.4, 0.5) is 11.4 Å². The second-order valence-corrected chi connectivity index (χ2v) is 5.88. The Hall–Kier alpha value is -1.42. The molecule has 4 nitrogen and oxygen atoms in total. The molecule has 1 unspecified atom stereocenters. The molecular weight excluding hydrogens is 250 g/mol.